The van der Waals surface area contributed by atoms with Gasteiger partial charge in [-0.05, 0) is 35.4 Å². The molecule has 0 saturated heterocycles. The van der Waals surface area contributed by atoms with Crippen LogP contribution in [0.25, 0.3) is 41.8 Å². The van der Waals surface area contributed by atoms with Crippen LogP contribution in [0.3, 0.4) is 0 Å². The highest BCUT2D eigenvalue weighted by atomic mass is 32.1. The van der Waals surface area contributed by atoms with Crippen LogP contribution in [0.15, 0.2) is 84.9 Å². The second-order valence-electron chi connectivity index (χ2n) is 7.18. The van der Waals surface area contributed by atoms with E-state index in [1.165, 1.54) is 22.7 Å². The van der Waals surface area contributed by atoms with Gasteiger partial charge in [0, 0.05) is 20.9 Å². The molecule has 0 aliphatic carbocycles. The number of carboxylic acid groups (broad SMARTS) is 2. The fraction of sp³-hybridized carbons (Fsp3) is 0. The zero-order valence-electron chi connectivity index (χ0n) is 17.0. The van der Waals surface area contributed by atoms with E-state index in [-0.39, 0.29) is 9.75 Å². The van der Waals surface area contributed by atoms with Crippen LogP contribution in [0, 0.1) is 0 Å². The Balaban J connectivity index is 1.84. The molecule has 162 valence electrons. The van der Waals surface area contributed by atoms with Gasteiger partial charge in [0.1, 0.15) is 9.75 Å². The lowest BCUT2D eigenvalue weighted by Gasteiger charge is -2.09. The highest BCUT2D eigenvalue weighted by molar-refractivity contribution is 7.28. The molecular weight excluding hydrogens is 472 g/mol. The molecule has 0 aliphatic rings. The van der Waals surface area contributed by atoms with Gasteiger partial charge in [0.05, 0.1) is 9.75 Å². The molecule has 2 aromatic carbocycles. The Labute approximate surface area is 201 Å². The van der Waals surface area contributed by atoms with Crippen molar-refractivity contribution < 1.29 is 19.8 Å². The predicted molar refractivity (Wildman–Crippen MR) is 136 cm³/mol. The van der Waals surface area contributed by atoms with E-state index in [0.717, 1.165) is 41.8 Å². The fourth-order valence-corrected chi connectivity index (χ4v) is 6.96. The van der Waals surface area contributed by atoms with Crippen LogP contribution in [0.4, 0.5) is 0 Å². The van der Waals surface area contributed by atoms with Gasteiger partial charge in [-0.1, -0.05) is 60.7 Å². The van der Waals surface area contributed by atoms with Crippen LogP contribution in [0.5, 0.6) is 0 Å². The smallest absolute Gasteiger partial charge is 0.345 e. The summed E-state index contributed by atoms with van der Waals surface area (Å²) in [6, 6.07) is 27.0. The van der Waals surface area contributed by atoms with E-state index in [4.69, 9.17) is 0 Å². The summed E-state index contributed by atoms with van der Waals surface area (Å²) >= 11 is 4.06. The van der Waals surface area contributed by atoms with E-state index < -0.39 is 11.9 Å². The van der Waals surface area contributed by atoms with Gasteiger partial charge in [0.2, 0.25) is 0 Å². The molecule has 0 spiro atoms. The standard InChI is InChI=1S/C26H16O4S3/c27-25(28)19-13-11-17(31-19)23-21(15-7-3-1-4-8-15)22(16-9-5-2-6-10-16)24(33-23)18-12-14-20(32-18)26(29)30/h1-14H,(H,27,28)(H,29,30). The van der Waals surface area contributed by atoms with E-state index in [2.05, 4.69) is 0 Å². The van der Waals surface area contributed by atoms with E-state index >= 15 is 0 Å². The van der Waals surface area contributed by atoms with Gasteiger partial charge >= 0.3 is 11.9 Å². The molecule has 0 radical (unpaired) electrons. The van der Waals surface area contributed by atoms with Crippen LogP contribution < -0.4 is 0 Å². The predicted octanol–water partition coefficient (Wildman–Crippen LogP) is 7.94. The van der Waals surface area contributed by atoms with E-state index in [0.29, 0.717) is 0 Å². The Morgan fingerprint density at radius 1 is 0.515 bits per heavy atom. The number of rotatable bonds is 6. The van der Waals surface area contributed by atoms with Gasteiger partial charge in [-0.15, -0.1) is 34.0 Å². The summed E-state index contributed by atoms with van der Waals surface area (Å²) in [5.74, 6) is -1.89. The molecule has 0 amide bonds. The van der Waals surface area contributed by atoms with Crippen molar-refractivity contribution in [3.63, 3.8) is 0 Å². The normalized spacial score (nSPS) is 10.9. The first kappa shape index (κ1) is 21.3. The van der Waals surface area contributed by atoms with Gasteiger partial charge in [0.25, 0.3) is 0 Å². The van der Waals surface area contributed by atoms with Crippen LogP contribution in [-0.2, 0) is 0 Å². The van der Waals surface area contributed by atoms with Gasteiger partial charge in [-0.2, -0.15) is 0 Å². The van der Waals surface area contributed by atoms with E-state index in [1.807, 2.05) is 72.8 Å². The number of aromatic carboxylic acids is 2. The Hall–Kier alpha value is -3.52. The summed E-state index contributed by atoms with van der Waals surface area (Å²) in [7, 11) is 0. The minimum Gasteiger partial charge on any atom is -0.477 e. The number of hydrogen-bond donors (Lipinski definition) is 2. The molecule has 4 nitrogen and oxygen atoms in total. The molecule has 33 heavy (non-hydrogen) atoms. The zero-order valence-corrected chi connectivity index (χ0v) is 19.5. The van der Waals surface area contributed by atoms with Gasteiger partial charge in [-0.25, -0.2) is 9.59 Å². The zero-order chi connectivity index (χ0) is 22.9. The third kappa shape index (κ3) is 4.02. The number of benzene rings is 2. The highest BCUT2D eigenvalue weighted by Crippen LogP contribution is 2.54. The maximum absolute atomic E-state index is 11.5. The minimum absolute atomic E-state index is 0.282. The van der Waals surface area contributed by atoms with Crippen molar-refractivity contribution in [2.45, 2.75) is 0 Å². The summed E-state index contributed by atoms with van der Waals surface area (Å²) < 4.78 is 0. The lowest BCUT2D eigenvalue weighted by atomic mass is 9.94. The summed E-state index contributed by atoms with van der Waals surface area (Å²) in [6.45, 7) is 0. The SMILES string of the molecule is O=C(O)c1ccc(-c2sc(-c3ccc(C(=O)O)s3)c(-c3ccccc3)c2-c2ccccc2)s1. The maximum atomic E-state index is 11.5. The summed E-state index contributed by atoms with van der Waals surface area (Å²) in [6.07, 6.45) is 0. The molecule has 0 saturated carbocycles. The molecule has 5 rings (SSSR count). The number of carbonyl (C=O) groups is 2. The van der Waals surface area contributed by atoms with Crippen molar-refractivity contribution in [2.24, 2.45) is 0 Å². The van der Waals surface area contributed by atoms with E-state index in [9.17, 15) is 19.8 Å². The Morgan fingerprint density at radius 3 is 1.24 bits per heavy atom. The third-order valence-electron chi connectivity index (χ3n) is 5.11. The van der Waals surface area contributed by atoms with Crippen molar-refractivity contribution in [2.75, 3.05) is 0 Å². The topological polar surface area (TPSA) is 74.6 Å². The highest BCUT2D eigenvalue weighted by Gasteiger charge is 2.25. The van der Waals surface area contributed by atoms with Crippen LogP contribution in [-0.4, -0.2) is 22.2 Å². The molecule has 0 aliphatic heterocycles. The largest absolute Gasteiger partial charge is 0.477 e. The monoisotopic (exact) mass is 488 g/mol. The first-order valence-electron chi connectivity index (χ1n) is 9.97. The lowest BCUT2D eigenvalue weighted by molar-refractivity contribution is 0.0691. The molecule has 0 unspecified atom stereocenters. The van der Waals surface area contributed by atoms with Crippen LogP contribution >= 0.6 is 34.0 Å². The van der Waals surface area contributed by atoms with Crippen molar-refractivity contribution in [3.8, 4) is 41.8 Å². The quantitative estimate of drug-likeness (QED) is 0.254. The van der Waals surface area contributed by atoms with Crippen molar-refractivity contribution in [3.05, 3.63) is 94.7 Å². The number of thiophene rings is 3. The molecular formula is C26H16O4S3. The van der Waals surface area contributed by atoms with Gasteiger partial charge in [-0.3, -0.25) is 0 Å². The third-order valence-corrected chi connectivity index (χ3v) is 8.81. The fourth-order valence-electron chi connectivity index (χ4n) is 3.69. The first-order chi connectivity index (χ1) is 16.0. The average Bonchev–Trinajstić information content (AvgIpc) is 3.58. The van der Waals surface area contributed by atoms with E-state index in [1.54, 1.807) is 23.5 Å². The number of carboxylic acids is 2. The summed E-state index contributed by atoms with van der Waals surface area (Å²) in [5, 5.41) is 18.9. The lowest BCUT2D eigenvalue weighted by Crippen LogP contribution is -1.89. The Morgan fingerprint density at radius 2 is 0.909 bits per heavy atom. The molecule has 3 heterocycles. The van der Waals surface area contributed by atoms with Crippen molar-refractivity contribution in [1.82, 2.24) is 0 Å². The second-order valence-corrected chi connectivity index (χ2v) is 10.4. The first-order valence-corrected chi connectivity index (χ1v) is 12.4. The molecule has 3 aromatic heterocycles. The van der Waals surface area contributed by atoms with Crippen molar-refractivity contribution >= 4 is 45.9 Å². The maximum Gasteiger partial charge on any atom is 0.345 e. The molecule has 0 fully saturated rings. The summed E-state index contributed by atoms with van der Waals surface area (Å²) in [5.41, 5.74) is 4.08. The molecule has 2 N–H and O–H groups in total. The number of hydrogen-bond acceptors (Lipinski definition) is 5. The van der Waals surface area contributed by atoms with Crippen LogP contribution in [0.2, 0.25) is 0 Å². The molecule has 0 atom stereocenters. The average molecular weight is 489 g/mol. The molecule has 5 aromatic rings. The Kier molecular flexibility index (Phi) is 5.68. The second kappa shape index (κ2) is 8.78. The summed E-state index contributed by atoms with van der Waals surface area (Å²) in [4.78, 5) is 27.3. The minimum atomic E-state index is -0.947. The van der Waals surface area contributed by atoms with Gasteiger partial charge in [0.15, 0.2) is 0 Å². The Bertz CT molecular complexity index is 1350. The molecule has 0 bridgehead atoms. The van der Waals surface area contributed by atoms with Crippen LogP contribution in [0.1, 0.15) is 19.3 Å². The van der Waals surface area contributed by atoms with Crippen molar-refractivity contribution in [1.29, 1.82) is 0 Å². The van der Waals surface area contributed by atoms with Gasteiger partial charge < -0.3 is 10.2 Å². The molecule has 7 heteroatoms.